The molecule has 0 unspecified atom stereocenters. The summed E-state index contributed by atoms with van der Waals surface area (Å²) < 4.78 is 5.22. The molecular formula is C20H19NO2. The number of ketones is 1. The maximum atomic E-state index is 13.0. The maximum Gasteiger partial charge on any atom is 0.173 e. The molecule has 0 N–H and O–H groups in total. The first kappa shape index (κ1) is 15.2. The molecule has 3 nitrogen and oxygen atoms in total. The number of ether oxygens (including phenoxy) is 1. The van der Waals surface area contributed by atoms with Crippen molar-refractivity contribution in [3.8, 4) is 5.75 Å². The smallest absolute Gasteiger partial charge is 0.173 e. The van der Waals surface area contributed by atoms with Crippen LogP contribution in [0, 0.1) is 0 Å². The van der Waals surface area contributed by atoms with Gasteiger partial charge in [0, 0.05) is 17.1 Å². The molecule has 0 saturated heterocycles. The van der Waals surface area contributed by atoms with Crippen molar-refractivity contribution < 1.29 is 9.53 Å². The standard InChI is InChI=1S/C20H19NO2/c1-20(2,19(22)15-8-6-9-17(12-15)23-3)16-11-14-7-4-5-10-18(14)21-13-16/h4-13H,1-3H3. The molecule has 0 aliphatic rings. The van der Waals surface area contributed by atoms with Gasteiger partial charge in [-0.15, -0.1) is 0 Å². The van der Waals surface area contributed by atoms with Crippen molar-refractivity contribution in [1.29, 1.82) is 0 Å². The molecule has 3 aromatic rings. The van der Waals surface area contributed by atoms with Crippen molar-refractivity contribution in [2.45, 2.75) is 19.3 Å². The molecule has 0 fully saturated rings. The van der Waals surface area contributed by atoms with E-state index in [1.165, 1.54) is 0 Å². The van der Waals surface area contributed by atoms with Gasteiger partial charge in [-0.2, -0.15) is 0 Å². The number of carbonyl (C=O) groups is 1. The van der Waals surface area contributed by atoms with E-state index in [1.54, 1.807) is 19.4 Å². The van der Waals surface area contributed by atoms with Crippen LogP contribution in [0.25, 0.3) is 10.9 Å². The monoisotopic (exact) mass is 305 g/mol. The Morgan fingerprint density at radius 1 is 1.04 bits per heavy atom. The van der Waals surface area contributed by atoms with E-state index in [2.05, 4.69) is 4.98 Å². The van der Waals surface area contributed by atoms with E-state index in [9.17, 15) is 4.79 Å². The van der Waals surface area contributed by atoms with Crippen LogP contribution in [-0.4, -0.2) is 17.9 Å². The molecule has 23 heavy (non-hydrogen) atoms. The predicted octanol–water partition coefficient (Wildman–Crippen LogP) is 4.40. The molecule has 0 radical (unpaired) electrons. The van der Waals surface area contributed by atoms with Crippen LogP contribution in [0.3, 0.4) is 0 Å². The first-order valence-corrected chi connectivity index (χ1v) is 7.56. The second-order valence-electron chi connectivity index (χ2n) is 6.10. The number of pyridine rings is 1. The topological polar surface area (TPSA) is 39.2 Å². The van der Waals surface area contributed by atoms with Crippen LogP contribution in [0.1, 0.15) is 29.8 Å². The average molecular weight is 305 g/mol. The lowest BCUT2D eigenvalue weighted by Crippen LogP contribution is -2.29. The molecular weight excluding hydrogens is 286 g/mol. The van der Waals surface area contributed by atoms with Crippen LogP contribution in [-0.2, 0) is 5.41 Å². The van der Waals surface area contributed by atoms with Crippen molar-refractivity contribution in [2.75, 3.05) is 7.11 Å². The van der Waals surface area contributed by atoms with E-state index in [-0.39, 0.29) is 5.78 Å². The Bertz CT molecular complexity index is 868. The molecule has 3 rings (SSSR count). The fraction of sp³-hybridized carbons (Fsp3) is 0.200. The normalized spacial score (nSPS) is 11.4. The Kier molecular flexibility index (Phi) is 3.87. The molecule has 0 aliphatic carbocycles. The summed E-state index contributed by atoms with van der Waals surface area (Å²) in [4.78, 5) is 17.5. The Labute approximate surface area is 135 Å². The fourth-order valence-corrected chi connectivity index (χ4v) is 2.67. The zero-order chi connectivity index (χ0) is 16.4. The largest absolute Gasteiger partial charge is 0.497 e. The molecule has 1 heterocycles. The number of carbonyl (C=O) groups excluding carboxylic acids is 1. The van der Waals surface area contributed by atoms with Gasteiger partial charge in [-0.25, -0.2) is 0 Å². The van der Waals surface area contributed by atoms with Gasteiger partial charge in [0.2, 0.25) is 0 Å². The summed E-state index contributed by atoms with van der Waals surface area (Å²) in [6.45, 7) is 3.86. The van der Waals surface area contributed by atoms with Crippen LogP contribution in [0.2, 0.25) is 0 Å². The lowest BCUT2D eigenvalue weighted by Gasteiger charge is -2.24. The molecule has 0 spiro atoms. The number of Topliss-reactive ketones (excluding diaryl/α,β-unsaturated/α-hetero) is 1. The lowest BCUT2D eigenvalue weighted by molar-refractivity contribution is 0.0908. The summed E-state index contributed by atoms with van der Waals surface area (Å²) in [5.41, 5.74) is 1.82. The highest BCUT2D eigenvalue weighted by Crippen LogP contribution is 2.30. The molecule has 0 saturated carbocycles. The van der Waals surface area contributed by atoms with Crippen molar-refractivity contribution in [3.63, 3.8) is 0 Å². The summed E-state index contributed by atoms with van der Waals surface area (Å²) in [6, 6.07) is 17.2. The van der Waals surface area contributed by atoms with Gasteiger partial charge in [-0.05, 0) is 43.7 Å². The Balaban J connectivity index is 2.02. The van der Waals surface area contributed by atoms with E-state index < -0.39 is 5.41 Å². The zero-order valence-electron chi connectivity index (χ0n) is 13.5. The van der Waals surface area contributed by atoms with E-state index in [0.717, 1.165) is 16.5 Å². The number of rotatable bonds is 4. The molecule has 0 bridgehead atoms. The van der Waals surface area contributed by atoms with Gasteiger partial charge in [0.15, 0.2) is 5.78 Å². The van der Waals surface area contributed by atoms with Gasteiger partial charge in [0.05, 0.1) is 18.0 Å². The summed E-state index contributed by atoms with van der Waals surface area (Å²) in [7, 11) is 1.60. The van der Waals surface area contributed by atoms with Crippen molar-refractivity contribution in [1.82, 2.24) is 4.98 Å². The van der Waals surface area contributed by atoms with Gasteiger partial charge in [-0.1, -0.05) is 30.3 Å². The van der Waals surface area contributed by atoms with Crippen molar-refractivity contribution in [2.24, 2.45) is 0 Å². The highest BCUT2D eigenvalue weighted by atomic mass is 16.5. The van der Waals surface area contributed by atoms with E-state index in [0.29, 0.717) is 11.3 Å². The Hall–Kier alpha value is -2.68. The van der Waals surface area contributed by atoms with E-state index >= 15 is 0 Å². The number of hydrogen-bond donors (Lipinski definition) is 0. The highest BCUT2D eigenvalue weighted by Gasteiger charge is 2.31. The average Bonchev–Trinajstić information content (AvgIpc) is 2.60. The van der Waals surface area contributed by atoms with Gasteiger partial charge >= 0.3 is 0 Å². The second-order valence-corrected chi connectivity index (χ2v) is 6.10. The minimum Gasteiger partial charge on any atom is -0.497 e. The third-order valence-electron chi connectivity index (χ3n) is 4.21. The fourth-order valence-electron chi connectivity index (χ4n) is 2.67. The Morgan fingerprint density at radius 3 is 2.61 bits per heavy atom. The minimum absolute atomic E-state index is 0.0495. The van der Waals surface area contributed by atoms with Gasteiger partial charge in [-0.3, -0.25) is 9.78 Å². The van der Waals surface area contributed by atoms with Crippen molar-refractivity contribution >= 4 is 16.7 Å². The van der Waals surface area contributed by atoms with Crippen molar-refractivity contribution in [3.05, 3.63) is 71.9 Å². The quantitative estimate of drug-likeness (QED) is 0.670. The van der Waals surface area contributed by atoms with Crippen LogP contribution < -0.4 is 4.74 Å². The van der Waals surface area contributed by atoms with Crippen LogP contribution in [0.5, 0.6) is 5.75 Å². The SMILES string of the molecule is COc1cccc(C(=O)C(C)(C)c2cnc3ccccc3c2)c1. The lowest BCUT2D eigenvalue weighted by atomic mass is 9.78. The van der Waals surface area contributed by atoms with Gasteiger partial charge in [0.25, 0.3) is 0 Å². The first-order chi connectivity index (χ1) is 11.0. The summed E-state index contributed by atoms with van der Waals surface area (Å²) in [5, 5.41) is 1.04. The molecule has 1 aromatic heterocycles. The molecule has 116 valence electrons. The highest BCUT2D eigenvalue weighted by molar-refractivity contribution is 6.04. The number of aromatic nitrogens is 1. The second kappa shape index (κ2) is 5.84. The molecule has 0 atom stereocenters. The third-order valence-corrected chi connectivity index (χ3v) is 4.21. The number of benzene rings is 2. The maximum absolute atomic E-state index is 13.0. The van der Waals surface area contributed by atoms with E-state index in [1.807, 2.05) is 62.4 Å². The molecule has 3 heteroatoms. The first-order valence-electron chi connectivity index (χ1n) is 7.56. The van der Waals surface area contributed by atoms with Gasteiger partial charge < -0.3 is 4.74 Å². The zero-order valence-corrected chi connectivity index (χ0v) is 13.5. The van der Waals surface area contributed by atoms with Crippen LogP contribution >= 0.6 is 0 Å². The third kappa shape index (κ3) is 2.82. The van der Waals surface area contributed by atoms with Crippen LogP contribution in [0.4, 0.5) is 0 Å². The number of fused-ring (bicyclic) bond motifs is 1. The summed E-state index contributed by atoms with van der Waals surface area (Å²) >= 11 is 0. The van der Waals surface area contributed by atoms with E-state index in [4.69, 9.17) is 4.74 Å². The van der Waals surface area contributed by atoms with Crippen LogP contribution in [0.15, 0.2) is 60.8 Å². The van der Waals surface area contributed by atoms with Gasteiger partial charge in [0.1, 0.15) is 5.75 Å². The molecule has 0 aliphatic heterocycles. The molecule has 0 amide bonds. The molecule has 2 aromatic carbocycles. The number of hydrogen-bond acceptors (Lipinski definition) is 3. The summed E-state index contributed by atoms with van der Waals surface area (Å²) in [6.07, 6.45) is 1.79. The number of nitrogens with zero attached hydrogens (tertiary/aromatic N) is 1. The number of methoxy groups -OCH3 is 1. The predicted molar refractivity (Wildman–Crippen MR) is 92.1 cm³/mol. The Morgan fingerprint density at radius 2 is 1.83 bits per heavy atom. The minimum atomic E-state index is -0.663. The summed E-state index contributed by atoms with van der Waals surface area (Å²) in [5.74, 6) is 0.733. The number of para-hydroxylation sites is 1.